The van der Waals surface area contributed by atoms with Gasteiger partial charge in [-0.25, -0.2) is 4.39 Å². The van der Waals surface area contributed by atoms with E-state index in [9.17, 15) is 4.39 Å². The van der Waals surface area contributed by atoms with Gasteiger partial charge >= 0.3 is 0 Å². The SMILES string of the molecule is Cc1ccc(F)c(-c2ccc(C)c(N)c2)c1. The summed E-state index contributed by atoms with van der Waals surface area (Å²) in [5.41, 5.74) is 9.99. The molecular formula is C14H14FN. The van der Waals surface area contributed by atoms with E-state index in [1.807, 2.05) is 38.1 Å². The van der Waals surface area contributed by atoms with E-state index in [1.165, 1.54) is 6.07 Å². The van der Waals surface area contributed by atoms with Gasteiger partial charge in [-0.1, -0.05) is 23.8 Å². The Labute approximate surface area is 94.7 Å². The first-order valence-corrected chi connectivity index (χ1v) is 5.20. The maximum atomic E-state index is 13.6. The maximum absolute atomic E-state index is 13.6. The highest BCUT2D eigenvalue weighted by molar-refractivity contribution is 5.69. The van der Waals surface area contributed by atoms with E-state index < -0.39 is 0 Å². The molecule has 0 saturated carbocycles. The summed E-state index contributed by atoms with van der Waals surface area (Å²) in [6, 6.07) is 10.7. The summed E-state index contributed by atoms with van der Waals surface area (Å²) in [6.45, 7) is 3.88. The molecule has 2 aromatic rings. The first kappa shape index (κ1) is 10.7. The molecule has 1 nitrogen and oxygen atoms in total. The zero-order chi connectivity index (χ0) is 11.7. The molecule has 0 aliphatic heterocycles. The zero-order valence-corrected chi connectivity index (χ0v) is 9.42. The minimum Gasteiger partial charge on any atom is -0.398 e. The molecular weight excluding hydrogens is 201 g/mol. The van der Waals surface area contributed by atoms with Crippen molar-refractivity contribution in [1.82, 2.24) is 0 Å². The lowest BCUT2D eigenvalue weighted by Crippen LogP contribution is -1.91. The standard InChI is InChI=1S/C14H14FN/c1-9-3-6-13(15)12(7-9)11-5-4-10(2)14(16)8-11/h3-8H,16H2,1-2H3. The molecule has 16 heavy (non-hydrogen) atoms. The van der Waals surface area contributed by atoms with E-state index in [-0.39, 0.29) is 5.82 Å². The third-order valence-corrected chi connectivity index (χ3v) is 2.71. The minimum atomic E-state index is -0.214. The third-order valence-electron chi connectivity index (χ3n) is 2.71. The Hall–Kier alpha value is -1.83. The summed E-state index contributed by atoms with van der Waals surface area (Å²) < 4.78 is 13.6. The summed E-state index contributed by atoms with van der Waals surface area (Å²) in [4.78, 5) is 0. The van der Waals surface area contributed by atoms with Crippen molar-refractivity contribution >= 4 is 5.69 Å². The fourth-order valence-electron chi connectivity index (χ4n) is 1.67. The second-order valence-electron chi connectivity index (χ2n) is 4.05. The normalized spacial score (nSPS) is 10.4. The Balaban J connectivity index is 2.58. The van der Waals surface area contributed by atoms with Gasteiger partial charge in [0.05, 0.1) is 0 Å². The molecule has 0 bridgehead atoms. The molecule has 82 valence electrons. The summed E-state index contributed by atoms with van der Waals surface area (Å²) in [5, 5.41) is 0. The predicted molar refractivity (Wildman–Crippen MR) is 65.7 cm³/mol. The molecule has 2 heteroatoms. The first-order chi connectivity index (χ1) is 7.58. The van der Waals surface area contributed by atoms with Crippen LogP contribution in [-0.2, 0) is 0 Å². The Kier molecular flexibility index (Phi) is 2.65. The van der Waals surface area contributed by atoms with Crippen LogP contribution >= 0.6 is 0 Å². The van der Waals surface area contributed by atoms with E-state index in [0.717, 1.165) is 16.7 Å². The van der Waals surface area contributed by atoms with Crippen LogP contribution in [0.2, 0.25) is 0 Å². The van der Waals surface area contributed by atoms with Crippen LogP contribution in [0.4, 0.5) is 10.1 Å². The Morgan fingerprint density at radius 1 is 1.00 bits per heavy atom. The molecule has 0 fully saturated rings. The molecule has 0 aromatic heterocycles. The van der Waals surface area contributed by atoms with E-state index in [4.69, 9.17) is 5.73 Å². The lowest BCUT2D eigenvalue weighted by atomic mass is 10.0. The first-order valence-electron chi connectivity index (χ1n) is 5.20. The van der Waals surface area contributed by atoms with Crippen molar-refractivity contribution in [1.29, 1.82) is 0 Å². The van der Waals surface area contributed by atoms with Gasteiger partial charge < -0.3 is 5.73 Å². The van der Waals surface area contributed by atoms with Gasteiger partial charge in [-0.05, 0) is 43.2 Å². The minimum absolute atomic E-state index is 0.214. The number of anilines is 1. The van der Waals surface area contributed by atoms with Gasteiger partial charge in [0.15, 0.2) is 0 Å². The average molecular weight is 215 g/mol. The van der Waals surface area contributed by atoms with Crippen LogP contribution in [-0.4, -0.2) is 0 Å². The van der Waals surface area contributed by atoms with Crippen LogP contribution in [0.5, 0.6) is 0 Å². The monoisotopic (exact) mass is 215 g/mol. The maximum Gasteiger partial charge on any atom is 0.131 e. The quantitative estimate of drug-likeness (QED) is 0.721. The zero-order valence-electron chi connectivity index (χ0n) is 9.42. The molecule has 0 atom stereocenters. The molecule has 0 saturated heterocycles. The van der Waals surface area contributed by atoms with Crippen molar-refractivity contribution in [2.24, 2.45) is 0 Å². The third kappa shape index (κ3) is 1.91. The van der Waals surface area contributed by atoms with Crippen molar-refractivity contribution in [3.05, 3.63) is 53.3 Å². The van der Waals surface area contributed by atoms with Gasteiger partial charge in [-0.15, -0.1) is 0 Å². The molecule has 0 spiro atoms. The number of benzene rings is 2. The van der Waals surface area contributed by atoms with Crippen molar-refractivity contribution in [3.63, 3.8) is 0 Å². The Morgan fingerprint density at radius 3 is 2.44 bits per heavy atom. The molecule has 0 unspecified atom stereocenters. The van der Waals surface area contributed by atoms with Crippen molar-refractivity contribution in [2.75, 3.05) is 5.73 Å². The number of hydrogen-bond acceptors (Lipinski definition) is 1. The van der Waals surface area contributed by atoms with Gasteiger partial charge in [0, 0.05) is 11.3 Å². The molecule has 0 heterocycles. The Bertz CT molecular complexity index is 532. The topological polar surface area (TPSA) is 26.0 Å². The van der Waals surface area contributed by atoms with Crippen LogP contribution in [0.1, 0.15) is 11.1 Å². The molecule has 0 amide bonds. The molecule has 2 N–H and O–H groups in total. The van der Waals surface area contributed by atoms with Crippen LogP contribution in [0.25, 0.3) is 11.1 Å². The van der Waals surface area contributed by atoms with Crippen LogP contribution < -0.4 is 5.73 Å². The molecule has 2 rings (SSSR count). The van der Waals surface area contributed by atoms with Crippen molar-refractivity contribution < 1.29 is 4.39 Å². The predicted octanol–water partition coefficient (Wildman–Crippen LogP) is 3.69. The lowest BCUT2D eigenvalue weighted by Gasteiger charge is -2.07. The number of halogens is 1. The second kappa shape index (κ2) is 3.97. The number of aryl methyl sites for hydroxylation is 2. The van der Waals surface area contributed by atoms with Crippen LogP contribution in [0.15, 0.2) is 36.4 Å². The van der Waals surface area contributed by atoms with Crippen molar-refractivity contribution in [3.8, 4) is 11.1 Å². The van der Waals surface area contributed by atoms with Gasteiger partial charge in [-0.3, -0.25) is 0 Å². The average Bonchev–Trinajstić information content (AvgIpc) is 2.26. The smallest absolute Gasteiger partial charge is 0.131 e. The molecule has 0 aliphatic carbocycles. The van der Waals surface area contributed by atoms with Crippen molar-refractivity contribution in [2.45, 2.75) is 13.8 Å². The number of hydrogen-bond donors (Lipinski definition) is 1. The summed E-state index contributed by atoms with van der Waals surface area (Å²) in [6.07, 6.45) is 0. The van der Waals surface area contributed by atoms with E-state index >= 15 is 0 Å². The van der Waals surface area contributed by atoms with Gasteiger partial charge in [0.2, 0.25) is 0 Å². The Morgan fingerprint density at radius 2 is 1.75 bits per heavy atom. The number of rotatable bonds is 1. The highest BCUT2D eigenvalue weighted by Crippen LogP contribution is 2.26. The summed E-state index contributed by atoms with van der Waals surface area (Å²) in [5.74, 6) is -0.214. The van der Waals surface area contributed by atoms with Gasteiger partial charge in [0.25, 0.3) is 0 Å². The second-order valence-corrected chi connectivity index (χ2v) is 4.05. The number of nitrogens with two attached hydrogens (primary N) is 1. The largest absolute Gasteiger partial charge is 0.398 e. The van der Waals surface area contributed by atoms with Crippen LogP contribution in [0, 0.1) is 19.7 Å². The fourth-order valence-corrected chi connectivity index (χ4v) is 1.67. The van der Waals surface area contributed by atoms with Gasteiger partial charge in [0.1, 0.15) is 5.82 Å². The molecule has 0 radical (unpaired) electrons. The summed E-state index contributed by atoms with van der Waals surface area (Å²) >= 11 is 0. The molecule has 0 aliphatic rings. The summed E-state index contributed by atoms with van der Waals surface area (Å²) in [7, 11) is 0. The van der Waals surface area contributed by atoms with Crippen LogP contribution in [0.3, 0.4) is 0 Å². The highest BCUT2D eigenvalue weighted by Gasteiger charge is 2.06. The van der Waals surface area contributed by atoms with E-state index in [2.05, 4.69) is 0 Å². The molecule has 2 aromatic carbocycles. The lowest BCUT2D eigenvalue weighted by molar-refractivity contribution is 0.631. The van der Waals surface area contributed by atoms with E-state index in [0.29, 0.717) is 11.3 Å². The van der Waals surface area contributed by atoms with E-state index in [1.54, 1.807) is 6.07 Å². The number of nitrogen functional groups attached to an aromatic ring is 1. The fraction of sp³-hybridized carbons (Fsp3) is 0.143. The van der Waals surface area contributed by atoms with Gasteiger partial charge in [-0.2, -0.15) is 0 Å². The highest BCUT2D eigenvalue weighted by atomic mass is 19.1.